The number of likely N-dealkylation sites (tertiary alicyclic amines) is 1. The van der Waals surface area contributed by atoms with E-state index in [-0.39, 0.29) is 43.6 Å². The normalized spacial score (nSPS) is 27.1. The largest absolute Gasteiger partial charge is 0.417 e. The monoisotopic (exact) mass is 1450 g/mol. The van der Waals surface area contributed by atoms with Gasteiger partial charge in [-0.1, -0.05) is 115 Å². The molecule has 30 heteroatoms. The molecule has 3 aliphatic carbocycles. The molecule has 564 valence electrons. The first kappa shape index (κ1) is 81.1. The van der Waals surface area contributed by atoms with E-state index in [9.17, 15) is 51.5 Å². The second-order valence-electron chi connectivity index (χ2n) is 29.3. The molecular weight excluding hydrogens is 1340 g/mol. The highest BCUT2D eigenvalue weighted by molar-refractivity contribution is 6.31. The minimum Gasteiger partial charge on any atom is -0.343 e. The van der Waals surface area contributed by atoms with Crippen molar-refractivity contribution in [1.82, 2.24) is 60.0 Å². The Morgan fingerprint density at radius 3 is 1.83 bits per heavy atom. The van der Waals surface area contributed by atoms with Crippen LogP contribution in [0.2, 0.25) is 5.02 Å². The van der Waals surface area contributed by atoms with Gasteiger partial charge in [-0.05, 0) is 99.7 Å². The van der Waals surface area contributed by atoms with Crippen LogP contribution in [0.15, 0.2) is 18.2 Å². The van der Waals surface area contributed by atoms with Gasteiger partial charge in [0.25, 0.3) is 5.92 Å². The Morgan fingerprint density at radius 1 is 0.644 bits per heavy atom. The highest BCUT2D eigenvalue weighted by atomic mass is 35.5. The number of halogens is 6. The predicted octanol–water partition coefficient (Wildman–Crippen LogP) is 6.03. The number of benzene rings is 1. The minimum absolute atomic E-state index is 0.0183. The summed E-state index contributed by atoms with van der Waals surface area (Å²) in [5.41, 5.74) is -2.84. The lowest BCUT2D eigenvalue weighted by molar-refractivity contribution is -0.156. The molecule has 12 amide bonds. The molecule has 6 fully saturated rings. The fourth-order valence-electron chi connectivity index (χ4n) is 15.5. The summed E-state index contributed by atoms with van der Waals surface area (Å²) in [5, 5.41) is 7.51. The zero-order valence-electron chi connectivity index (χ0n) is 60.4. The van der Waals surface area contributed by atoms with Crippen LogP contribution in [0.5, 0.6) is 0 Å². The lowest BCUT2D eigenvalue weighted by Gasteiger charge is -2.43. The molecule has 3 heterocycles. The van der Waals surface area contributed by atoms with Gasteiger partial charge in [-0.3, -0.25) is 57.5 Å². The summed E-state index contributed by atoms with van der Waals surface area (Å²) >= 11 is 6.10. The van der Waals surface area contributed by atoms with Gasteiger partial charge in [0.05, 0.1) is 43.2 Å². The summed E-state index contributed by atoms with van der Waals surface area (Å²) in [6.07, 6.45) is 2.79. The molecule has 3 aliphatic heterocycles. The molecule has 1 spiro atoms. The number of hydrogen-bond donors (Lipinski definition) is 3. The molecule has 6 aliphatic rings. The summed E-state index contributed by atoms with van der Waals surface area (Å²) in [6, 6.07) is -7.33. The second kappa shape index (κ2) is 35.3. The number of nitrogens with one attached hydrogen (secondary N) is 3. The summed E-state index contributed by atoms with van der Waals surface area (Å²) in [7, 11) is 9.54. The lowest BCUT2D eigenvalue weighted by Crippen LogP contribution is -2.65. The Kier molecular flexibility index (Phi) is 28.4. The summed E-state index contributed by atoms with van der Waals surface area (Å²) < 4.78 is 73.9. The van der Waals surface area contributed by atoms with Crippen LogP contribution in [0.4, 0.5) is 22.0 Å². The van der Waals surface area contributed by atoms with Crippen molar-refractivity contribution in [2.75, 3.05) is 88.6 Å². The van der Waals surface area contributed by atoms with E-state index in [1.54, 1.807) is 18.7 Å². The lowest BCUT2D eigenvalue weighted by atomic mass is 9.81. The van der Waals surface area contributed by atoms with E-state index in [0.717, 1.165) is 71.4 Å². The zero-order valence-corrected chi connectivity index (χ0v) is 61.2. The third-order valence-electron chi connectivity index (χ3n) is 22.0. The molecular formula is C71H106ClF5N12O12. The first-order valence-electron chi connectivity index (χ1n) is 36.1. The molecule has 101 heavy (non-hydrogen) atoms. The van der Waals surface area contributed by atoms with Crippen LogP contribution in [0, 0.1) is 17.8 Å². The number of rotatable bonds is 11. The Hall–Kier alpha value is -7.20. The van der Waals surface area contributed by atoms with Gasteiger partial charge in [-0.15, -0.1) is 0 Å². The predicted molar refractivity (Wildman–Crippen MR) is 365 cm³/mol. The smallest absolute Gasteiger partial charge is 0.343 e. The van der Waals surface area contributed by atoms with Crippen LogP contribution in [0.1, 0.15) is 180 Å². The number of aryl methyl sites for hydroxylation is 1. The van der Waals surface area contributed by atoms with Crippen LogP contribution < -0.4 is 16.0 Å². The molecule has 24 nitrogen and oxygen atoms in total. The molecule has 0 bridgehead atoms. The maximum Gasteiger partial charge on any atom is 0.417 e. The van der Waals surface area contributed by atoms with Crippen LogP contribution in [0.3, 0.4) is 0 Å². The Bertz CT molecular complexity index is 3180. The number of fused-ring (bicyclic) bond motifs is 1. The molecule has 7 rings (SSSR count). The Balaban J connectivity index is 1.30. The van der Waals surface area contributed by atoms with E-state index >= 15 is 28.0 Å². The first-order valence-corrected chi connectivity index (χ1v) is 36.5. The third kappa shape index (κ3) is 20.2. The zero-order chi connectivity index (χ0) is 74.6. The quantitative estimate of drug-likeness (QED) is 0.214. The van der Waals surface area contributed by atoms with Gasteiger partial charge in [0.15, 0.2) is 0 Å². The molecule has 8 atom stereocenters. The molecule has 1 aromatic carbocycles. The minimum atomic E-state index is -4.83. The standard InChI is InChI=1S/C71H106ClF5N12O12/c1-11-23-51-61(94)79-59(44(3)12-2)66(99)83(6)41-57(92)81(4)42-58(93)85(8)52(37-45-24-15-13-16-25-45)64(97)82(5)40-55(90)78-50(31-29-46-28-30-48(49(72)36-46)71(75,76)77)63(96)89-43-70(73,74)39-54(89)62(95)80-69(32-19-20-33-69)68(101)87(10)60(47-26-17-14-18-27-47)67(100)86(9)53(38-56(91)84(51)7)65(98)88-34-21-22-35-88/h28,30,36,44-45,47,50-54,59-60H,11-27,29,31-35,37-43H2,1-10H3,(H,78,90)(H,79,94)(H,80,95)/t44-,50-,51-,52-,53-,54-,59-,60-/m0/s1. The van der Waals surface area contributed by atoms with Gasteiger partial charge in [0.2, 0.25) is 70.9 Å². The van der Waals surface area contributed by atoms with E-state index in [2.05, 4.69) is 16.0 Å². The van der Waals surface area contributed by atoms with E-state index < -0.39 is 199 Å². The maximum atomic E-state index is 16.2. The van der Waals surface area contributed by atoms with E-state index in [4.69, 9.17) is 11.6 Å². The van der Waals surface area contributed by atoms with E-state index in [0.29, 0.717) is 82.2 Å². The maximum absolute atomic E-state index is 16.2. The summed E-state index contributed by atoms with van der Waals surface area (Å²) in [5.74, 6) is -14.3. The average molecular weight is 1450 g/mol. The van der Waals surface area contributed by atoms with Crippen LogP contribution in [-0.4, -0.2) is 257 Å². The van der Waals surface area contributed by atoms with Crippen molar-refractivity contribution >= 4 is 82.5 Å². The van der Waals surface area contributed by atoms with Crippen LogP contribution >= 0.6 is 11.6 Å². The van der Waals surface area contributed by atoms with Crippen molar-refractivity contribution in [3.63, 3.8) is 0 Å². The SMILES string of the molecule is CCC[C@H]1C(=O)N[C@@H]([C@@H](C)CC)C(=O)N(C)CC(=O)N(C)CC(=O)N(C)[C@@H](CC2CCCCC2)C(=O)N(C)CC(=O)N[C@@H](CCc2ccc(C(F)(F)F)c(Cl)c2)C(=O)N2CC(F)(F)C[C@H]2C(=O)NC2(CCCC2)C(=O)N(C)[C@@H](C2CCCCC2)C(=O)N(C)[C@H](C(=O)N2CCCC2)CC(=O)N1C. The highest BCUT2D eigenvalue weighted by Gasteiger charge is 2.55. The fraction of sp³-hybridized carbons (Fsp3) is 0.746. The molecule has 3 saturated carbocycles. The first-order chi connectivity index (χ1) is 47.5. The van der Waals surface area contributed by atoms with Gasteiger partial charge >= 0.3 is 6.18 Å². The van der Waals surface area contributed by atoms with Gasteiger partial charge < -0.3 is 60.0 Å². The number of amides is 12. The highest BCUT2D eigenvalue weighted by Crippen LogP contribution is 2.40. The van der Waals surface area contributed by atoms with E-state index in [1.807, 2.05) is 6.92 Å². The number of hydrogen-bond acceptors (Lipinski definition) is 12. The van der Waals surface area contributed by atoms with Crippen molar-refractivity contribution in [3.05, 3.63) is 34.3 Å². The topological polar surface area (TPSA) is 270 Å². The fourth-order valence-corrected chi connectivity index (χ4v) is 15.8. The molecule has 3 saturated heterocycles. The molecule has 0 radical (unpaired) electrons. The van der Waals surface area contributed by atoms with Gasteiger partial charge in [0, 0.05) is 68.8 Å². The van der Waals surface area contributed by atoms with Gasteiger partial charge in [-0.25, -0.2) is 8.78 Å². The van der Waals surface area contributed by atoms with E-state index in [1.165, 1.54) is 68.9 Å². The Morgan fingerprint density at radius 2 is 1.24 bits per heavy atom. The average Bonchev–Trinajstić information content (AvgIpc) is 1.75. The van der Waals surface area contributed by atoms with Crippen molar-refractivity contribution in [1.29, 1.82) is 0 Å². The number of carbonyl (C=O) groups excluding carboxylic acids is 12. The summed E-state index contributed by atoms with van der Waals surface area (Å²) in [4.78, 5) is 189. The molecule has 0 aromatic heterocycles. The van der Waals surface area contributed by atoms with Crippen molar-refractivity contribution in [2.45, 2.75) is 235 Å². The van der Waals surface area contributed by atoms with Crippen LogP contribution in [-0.2, 0) is 70.1 Å². The number of likely N-dealkylation sites (N-methyl/N-ethyl adjacent to an activating group) is 7. The van der Waals surface area contributed by atoms with Crippen molar-refractivity contribution in [3.8, 4) is 0 Å². The molecule has 0 unspecified atom stereocenters. The number of alkyl halides is 5. The number of nitrogens with zero attached hydrogens (tertiary/aromatic N) is 9. The third-order valence-corrected chi connectivity index (χ3v) is 22.3. The molecule has 1 aromatic rings. The van der Waals surface area contributed by atoms with Crippen molar-refractivity contribution in [2.24, 2.45) is 17.8 Å². The second-order valence-corrected chi connectivity index (χ2v) is 29.7. The Labute approximate surface area is 595 Å². The van der Waals surface area contributed by atoms with Gasteiger partial charge in [-0.2, -0.15) is 13.2 Å². The number of carbonyl (C=O) groups is 12. The van der Waals surface area contributed by atoms with Crippen LogP contribution in [0.25, 0.3) is 0 Å². The van der Waals surface area contributed by atoms with Gasteiger partial charge in [0.1, 0.15) is 47.8 Å². The summed E-state index contributed by atoms with van der Waals surface area (Å²) in [6.45, 7) is 2.75. The molecule has 3 N–H and O–H groups in total. The van der Waals surface area contributed by atoms with Crippen molar-refractivity contribution < 1.29 is 79.5 Å².